The number of likely N-dealkylation sites (tertiary alicyclic amines) is 1. The van der Waals surface area contributed by atoms with Gasteiger partial charge in [0.05, 0.1) is 11.7 Å². The molecular weight excluding hydrogens is 396 g/mol. The second-order valence-corrected chi connectivity index (χ2v) is 8.06. The minimum absolute atomic E-state index is 0.0769. The summed E-state index contributed by atoms with van der Waals surface area (Å²) in [5.41, 5.74) is 7.46. The van der Waals surface area contributed by atoms with Crippen LogP contribution in [0.1, 0.15) is 42.8 Å². The van der Waals surface area contributed by atoms with Gasteiger partial charge < -0.3 is 15.2 Å². The summed E-state index contributed by atoms with van der Waals surface area (Å²) in [6, 6.07) is 7.47. The van der Waals surface area contributed by atoms with E-state index < -0.39 is 11.4 Å². The van der Waals surface area contributed by atoms with Gasteiger partial charge in [0.1, 0.15) is 11.9 Å². The van der Waals surface area contributed by atoms with Crippen molar-refractivity contribution in [2.24, 2.45) is 5.73 Å². The summed E-state index contributed by atoms with van der Waals surface area (Å²) < 4.78 is 12.7. The van der Waals surface area contributed by atoms with Gasteiger partial charge in [-0.05, 0) is 50.5 Å². The Morgan fingerprint density at radius 1 is 1.23 bits per heavy atom. The molecule has 0 aliphatic carbocycles. The van der Waals surface area contributed by atoms with Crippen molar-refractivity contribution in [3.05, 3.63) is 59.9 Å². The lowest BCUT2D eigenvalue weighted by Gasteiger charge is -2.40. The maximum absolute atomic E-state index is 12.9. The number of benzene rings is 1. The van der Waals surface area contributed by atoms with Gasteiger partial charge in [0.25, 0.3) is 0 Å². The van der Waals surface area contributed by atoms with Crippen LogP contribution in [0.25, 0.3) is 5.95 Å². The van der Waals surface area contributed by atoms with Crippen molar-refractivity contribution in [2.45, 2.75) is 38.3 Å². The largest absolute Gasteiger partial charge is 0.454 e. The number of amides is 1. The molecule has 3 aromatic rings. The molecule has 160 valence electrons. The normalized spacial score (nSPS) is 20.0. The fourth-order valence-electron chi connectivity index (χ4n) is 4.50. The number of ether oxygens (including phenoxy) is 2. The lowest BCUT2D eigenvalue weighted by molar-refractivity contribution is -0.130. The first-order chi connectivity index (χ1) is 15.0. The number of nitrogens with two attached hydrogens (primary N) is 1. The molecule has 9 nitrogen and oxygen atoms in total. The summed E-state index contributed by atoms with van der Waals surface area (Å²) in [5, 5.41) is 0. The standard InChI is InChI=1S/C22H24N6O3/c1-14-10-16(26-21(25-14)27-9-7-24-12-27)17-4-3-8-28(17)22(2,20(23)29)15-5-6-18-19(11-15)31-13-30-18/h5-7,9-12,17H,3-4,8,13H2,1-2H3,(H2,23,29). The van der Waals surface area contributed by atoms with Crippen LogP contribution in [-0.2, 0) is 10.3 Å². The topological polar surface area (TPSA) is 108 Å². The molecule has 2 atom stereocenters. The van der Waals surface area contributed by atoms with Gasteiger partial charge in [-0.25, -0.2) is 15.0 Å². The fraction of sp³-hybridized carbons (Fsp3) is 0.364. The van der Waals surface area contributed by atoms with Crippen molar-refractivity contribution in [1.82, 2.24) is 24.4 Å². The Morgan fingerprint density at radius 3 is 2.84 bits per heavy atom. The fourth-order valence-corrected chi connectivity index (χ4v) is 4.50. The van der Waals surface area contributed by atoms with E-state index in [0.29, 0.717) is 17.4 Å². The maximum atomic E-state index is 12.9. The highest BCUT2D eigenvalue weighted by Gasteiger charge is 2.46. The molecule has 2 aliphatic rings. The number of hydrogen-bond donors (Lipinski definition) is 1. The molecule has 2 unspecified atom stereocenters. The Kier molecular flexibility index (Phi) is 4.62. The van der Waals surface area contributed by atoms with Gasteiger partial charge in [-0.1, -0.05) is 6.07 Å². The van der Waals surface area contributed by atoms with E-state index in [0.717, 1.165) is 36.3 Å². The van der Waals surface area contributed by atoms with Gasteiger partial charge in [0.2, 0.25) is 18.6 Å². The van der Waals surface area contributed by atoms with Crippen molar-refractivity contribution in [3.63, 3.8) is 0 Å². The molecule has 1 aromatic carbocycles. The predicted octanol–water partition coefficient (Wildman–Crippen LogP) is 2.24. The highest BCUT2D eigenvalue weighted by atomic mass is 16.7. The van der Waals surface area contributed by atoms with Crippen LogP contribution in [-0.4, -0.2) is 43.7 Å². The Hall–Kier alpha value is -3.46. The average molecular weight is 420 g/mol. The molecule has 5 rings (SSSR count). The number of carbonyl (C=O) groups is 1. The lowest BCUT2D eigenvalue weighted by atomic mass is 9.87. The molecule has 0 saturated carbocycles. The van der Waals surface area contributed by atoms with E-state index in [1.54, 1.807) is 17.1 Å². The molecule has 9 heteroatoms. The molecule has 1 saturated heterocycles. The first-order valence-electron chi connectivity index (χ1n) is 10.3. The summed E-state index contributed by atoms with van der Waals surface area (Å²) in [6.45, 7) is 4.71. The zero-order valence-electron chi connectivity index (χ0n) is 17.5. The Balaban J connectivity index is 1.56. The molecular formula is C22H24N6O3. The third-order valence-corrected chi connectivity index (χ3v) is 6.18. The van der Waals surface area contributed by atoms with Crippen LogP contribution in [0, 0.1) is 6.92 Å². The molecule has 1 fully saturated rings. The van der Waals surface area contributed by atoms with E-state index in [9.17, 15) is 4.79 Å². The predicted molar refractivity (Wildman–Crippen MR) is 112 cm³/mol. The van der Waals surface area contributed by atoms with Crippen LogP contribution in [0.2, 0.25) is 0 Å². The first kappa shape index (κ1) is 19.5. The SMILES string of the molecule is Cc1cc(C2CCCN2C(C)(C(N)=O)c2ccc3c(c2)OCO3)nc(-n2ccnc2)n1. The van der Waals surface area contributed by atoms with E-state index in [1.807, 2.05) is 44.3 Å². The number of primary amides is 1. The summed E-state index contributed by atoms with van der Waals surface area (Å²) in [7, 11) is 0. The zero-order chi connectivity index (χ0) is 21.6. The van der Waals surface area contributed by atoms with E-state index >= 15 is 0 Å². The van der Waals surface area contributed by atoms with E-state index in [4.69, 9.17) is 20.2 Å². The molecule has 31 heavy (non-hydrogen) atoms. The minimum atomic E-state index is -1.03. The van der Waals surface area contributed by atoms with Crippen molar-refractivity contribution < 1.29 is 14.3 Å². The molecule has 2 aliphatic heterocycles. The molecule has 0 radical (unpaired) electrons. The molecule has 2 aromatic heterocycles. The number of aryl methyl sites for hydroxylation is 1. The van der Waals surface area contributed by atoms with Crippen LogP contribution in [0.3, 0.4) is 0 Å². The lowest BCUT2D eigenvalue weighted by Crippen LogP contribution is -2.52. The van der Waals surface area contributed by atoms with Crippen LogP contribution >= 0.6 is 0 Å². The van der Waals surface area contributed by atoms with Crippen LogP contribution in [0.15, 0.2) is 43.0 Å². The summed E-state index contributed by atoms with van der Waals surface area (Å²) >= 11 is 0. The zero-order valence-corrected chi connectivity index (χ0v) is 17.5. The Labute approximate surface area is 179 Å². The third-order valence-electron chi connectivity index (χ3n) is 6.18. The van der Waals surface area contributed by atoms with E-state index in [-0.39, 0.29) is 12.8 Å². The van der Waals surface area contributed by atoms with Crippen molar-refractivity contribution in [3.8, 4) is 17.4 Å². The summed E-state index contributed by atoms with van der Waals surface area (Å²) in [5.74, 6) is 1.44. The van der Waals surface area contributed by atoms with Crippen molar-refractivity contribution >= 4 is 5.91 Å². The Bertz CT molecular complexity index is 1130. The van der Waals surface area contributed by atoms with E-state index in [1.165, 1.54) is 0 Å². The van der Waals surface area contributed by atoms with Crippen molar-refractivity contribution in [2.75, 3.05) is 13.3 Å². The number of imidazole rings is 1. The quantitative estimate of drug-likeness (QED) is 0.674. The van der Waals surface area contributed by atoms with Crippen LogP contribution in [0.4, 0.5) is 0 Å². The maximum Gasteiger partial charge on any atom is 0.242 e. The summed E-state index contributed by atoms with van der Waals surface area (Å²) in [4.78, 5) is 28.5. The highest BCUT2D eigenvalue weighted by molar-refractivity contribution is 5.86. The number of carbonyl (C=O) groups excluding carboxylic acids is 1. The van der Waals surface area contributed by atoms with Crippen LogP contribution < -0.4 is 15.2 Å². The minimum Gasteiger partial charge on any atom is -0.454 e. The van der Waals surface area contributed by atoms with Crippen molar-refractivity contribution in [1.29, 1.82) is 0 Å². The van der Waals surface area contributed by atoms with Gasteiger partial charge in [-0.15, -0.1) is 0 Å². The third kappa shape index (κ3) is 3.21. The molecule has 2 N–H and O–H groups in total. The molecule has 0 spiro atoms. The summed E-state index contributed by atoms with van der Waals surface area (Å²) in [6.07, 6.45) is 6.97. The number of fused-ring (bicyclic) bond motifs is 1. The van der Waals surface area contributed by atoms with Gasteiger partial charge in [0.15, 0.2) is 11.5 Å². The second kappa shape index (κ2) is 7.35. The number of aromatic nitrogens is 4. The van der Waals surface area contributed by atoms with Gasteiger partial charge in [-0.3, -0.25) is 14.3 Å². The second-order valence-electron chi connectivity index (χ2n) is 8.06. The number of hydrogen-bond acceptors (Lipinski definition) is 7. The molecule has 1 amide bonds. The first-order valence-corrected chi connectivity index (χ1v) is 10.3. The average Bonchev–Trinajstić information content (AvgIpc) is 3.53. The Morgan fingerprint density at radius 2 is 2.06 bits per heavy atom. The number of rotatable bonds is 5. The highest BCUT2D eigenvalue weighted by Crippen LogP contribution is 2.44. The smallest absolute Gasteiger partial charge is 0.242 e. The van der Waals surface area contributed by atoms with Gasteiger partial charge in [-0.2, -0.15) is 0 Å². The number of nitrogens with zero attached hydrogens (tertiary/aromatic N) is 5. The van der Waals surface area contributed by atoms with Crippen LogP contribution in [0.5, 0.6) is 11.5 Å². The van der Waals surface area contributed by atoms with Gasteiger partial charge >= 0.3 is 0 Å². The van der Waals surface area contributed by atoms with E-state index in [2.05, 4.69) is 14.9 Å². The molecule has 0 bridgehead atoms. The monoisotopic (exact) mass is 420 g/mol. The molecule has 4 heterocycles. The van der Waals surface area contributed by atoms with Gasteiger partial charge in [0, 0.05) is 24.6 Å².